The van der Waals surface area contributed by atoms with Crippen molar-refractivity contribution >= 4 is 22.1 Å². The topological polar surface area (TPSA) is 84.3 Å². The minimum Gasteiger partial charge on any atom is -0.375 e. The number of hydrogen-bond acceptors (Lipinski definition) is 5. The van der Waals surface area contributed by atoms with Gasteiger partial charge in [-0.1, -0.05) is 12.1 Å². The maximum atomic E-state index is 12.1. The van der Waals surface area contributed by atoms with Crippen LogP contribution in [-0.4, -0.2) is 25.9 Å². The number of carbonyl (C=O) groups is 1. The van der Waals surface area contributed by atoms with Crippen LogP contribution in [0.2, 0.25) is 0 Å². The molecule has 0 atom stereocenters. The fraction of sp³-hybridized carbons (Fsp3) is 0.111. The monoisotopic (exact) mass is 281 g/mol. The minimum absolute atomic E-state index is 0.336. The molecule has 0 bridgehead atoms. The summed E-state index contributed by atoms with van der Waals surface area (Å²) < 4.78 is 61.7. The predicted octanol–water partition coefficient (Wildman–Crippen LogP) is 1.75. The average molecular weight is 281 g/mol. The van der Waals surface area contributed by atoms with Gasteiger partial charge in [0, 0.05) is 0 Å². The quantitative estimate of drug-likeness (QED) is 0.394. The van der Waals surface area contributed by atoms with Crippen molar-refractivity contribution in [2.45, 2.75) is 5.51 Å². The second-order valence-corrected chi connectivity index (χ2v) is 4.53. The van der Waals surface area contributed by atoms with Crippen LogP contribution in [0, 0.1) is 5.41 Å². The molecule has 18 heavy (non-hydrogen) atoms. The normalized spacial score (nSPS) is 11.9. The van der Waals surface area contributed by atoms with Crippen LogP contribution in [-0.2, 0) is 10.1 Å². The highest BCUT2D eigenvalue weighted by Gasteiger charge is 2.48. The summed E-state index contributed by atoms with van der Waals surface area (Å²) in [5.74, 6) is -1.74. The smallest absolute Gasteiger partial charge is 0.375 e. The van der Waals surface area contributed by atoms with Gasteiger partial charge in [0.1, 0.15) is 0 Å². The van der Waals surface area contributed by atoms with Crippen LogP contribution in [0.4, 0.5) is 13.2 Å². The van der Waals surface area contributed by atoms with Crippen molar-refractivity contribution in [2.24, 2.45) is 0 Å². The fourth-order valence-corrected chi connectivity index (χ4v) is 1.46. The van der Waals surface area contributed by atoms with Crippen molar-refractivity contribution in [1.29, 1.82) is 5.41 Å². The molecular weight excluding hydrogens is 275 g/mol. The van der Waals surface area contributed by atoms with Crippen molar-refractivity contribution in [3.8, 4) is 5.75 Å². The van der Waals surface area contributed by atoms with Crippen molar-refractivity contribution in [1.82, 2.24) is 0 Å². The third-order valence-electron chi connectivity index (χ3n) is 1.77. The van der Waals surface area contributed by atoms with Gasteiger partial charge in [-0.05, 0) is 12.1 Å². The van der Waals surface area contributed by atoms with Gasteiger partial charge in [-0.3, -0.25) is 4.79 Å². The second-order valence-electron chi connectivity index (χ2n) is 2.99. The molecule has 1 aromatic rings. The summed E-state index contributed by atoms with van der Waals surface area (Å²) in [4.78, 5) is 11.2. The summed E-state index contributed by atoms with van der Waals surface area (Å²) in [6, 6.07) is 4.43. The van der Waals surface area contributed by atoms with E-state index in [9.17, 15) is 26.4 Å². The van der Waals surface area contributed by atoms with Crippen LogP contribution in [0.25, 0.3) is 0 Å². The third kappa shape index (κ3) is 2.86. The first-order chi connectivity index (χ1) is 8.19. The summed E-state index contributed by atoms with van der Waals surface area (Å²) in [6.07, 6.45) is 0.336. The van der Waals surface area contributed by atoms with Crippen molar-refractivity contribution in [3.63, 3.8) is 0 Å². The SMILES string of the molecule is N=CC(=O)c1ccccc1OS(=O)(=O)C(F)(F)F. The van der Waals surface area contributed by atoms with Crippen LogP contribution in [0.1, 0.15) is 10.4 Å². The van der Waals surface area contributed by atoms with Gasteiger partial charge in [-0.25, -0.2) is 0 Å². The molecule has 1 rings (SSSR count). The maximum absolute atomic E-state index is 12.1. The Kier molecular flexibility index (Phi) is 3.75. The van der Waals surface area contributed by atoms with E-state index in [1.54, 1.807) is 0 Å². The number of alkyl halides is 3. The molecule has 0 amide bonds. The van der Waals surface area contributed by atoms with Crippen LogP contribution >= 0.6 is 0 Å². The number of para-hydroxylation sites is 1. The number of carbonyl (C=O) groups excluding carboxylic acids is 1. The zero-order valence-corrected chi connectivity index (χ0v) is 9.38. The largest absolute Gasteiger partial charge is 0.534 e. The zero-order chi connectivity index (χ0) is 14.0. The molecule has 5 nitrogen and oxygen atoms in total. The van der Waals surface area contributed by atoms with E-state index in [0.717, 1.165) is 12.1 Å². The number of ketones is 1. The van der Waals surface area contributed by atoms with E-state index in [1.165, 1.54) is 12.1 Å². The molecule has 0 aliphatic carbocycles. The van der Waals surface area contributed by atoms with E-state index in [2.05, 4.69) is 4.18 Å². The zero-order valence-electron chi connectivity index (χ0n) is 8.56. The third-order valence-corrected chi connectivity index (χ3v) is 2.73. The van der Waals surface area contributed by atoms with Crippen LogP contribution in [0.3, 0.4) is 0 Å². The Hall–Kier alpha value is -1.90. The Balaban J connectivity index is 3.21. The summed E-state index contributed by atoms with van der Waals surface area (Å²) in [7, 11) is -5.84. The molecule has 0 spiro atoms. The molecule has 0 saturated heterocycles. The second kappa shape index (κ2) is 4.77. The summed E-state index contributed by atoms with van der Waals surface area (Å²) >= 11 is 0. The highest BCUT2D eigenvalue weighted by molar-refractivity contribution is 7.88. The van der Waals surface area contributed by atoms with Crippen molar-refractivity contribution in [3.05, 3.63) is 29.8 Å². The van der Waals surface area contributed by atoms with Crippen LogP contribution < -0.4 is 4.18 Å². The Morgan fingerprint density at radius 1 is 1.28 bits per heavy atom. The first kappa shape index (κ1) is 14.2. The van der Waals surface area contributed by atoms with Crippen LogP contribution in [0.15, 0.2) is 24.3 Å². The Bertz CT molecular complexity index is 580. The molecule has 98 valence electrons. The Morgan fingerprint density at radius 3 is 2.33 bits per heavy atom. The van der Waals surface area contributed by atoms with Gasteiger partial charge in [0.15, 0.2) is 5.75 Å². The molecule has 1 N–H and O–H groups in total. The number of nitrogens with one attached hydrogen (secondary N) is 1. The molecule has 0 radical (unpaired) electrons. The van der Waals surface area contributed by atoms with Gasteiger partial charge in [0.2, 0.25) is 5.78 Å². The van der Waals surface area contributed by atoms with E-state index in [4.69, 9.17) is 5.41 Å². The van der Waals surface area contributed by atoms with E-state index >= 15 is 0 Å². The maximum Gasteiger partial charge on any atom is 0.534 e. The molecule has 0 aromatic heterocycles. The lowest BCUT2D eigenvalue weighted by Crippen LogP contribution is -2.28. The van der Waals surface area contributed by atoms with Gasteiger partial charge in [-0.15, -0.1) is 0 Å². The number of rotatable bonds is 4. The fourth-order valence-electron chi connectivity index (χ4n) is 0.986. The van der Waals surface area contributed by atoms with Crippen molar-refractivity contribution in [2.75, 3.05) is 0 Å². The molecular formula is C9H6F3NO4S. The predicted molar refractivity (Wildman–Crippen MR) is 55.2 cm³/mol. The lowest BCUT2D eigenvalue weighted by atomic mass is 10.1. The van der Waals surface area contributed by atoms with E-state index < -0.39 is 32.7 Å². The lowest BCUT2D eigenvalue weighted by Gasteiger charge is -2.11. The Morgan fingerprint density at radius 2 is 1.83 bits per heavy atom. The summed E-state index contributed by atoms with van der Waals surface area (Å²) in [6.45, 7) is 0. The lowest BCUT2D eigenvalue weighted by molar-refractivity contribution is -0.0500. The van der Waals surface area contributed by atoms with Crippen LogP contribution in [0.5, 0.6) is 5.75 Å². The Labute approximate surface area is 99.8 Å². The molecule has 0 unspecified atom stereocenters. The highest BCUT2D eigenvalue weighted by Crippen LogP contribution is 2.28. The van der Waals surface area contributed by atoms with E-state index in [-0.39, 0.29) is 0 Å². The first-order valence-corrected chi connectivity index (χ1v) is 5.74. The average Bonchev–Trinajstić information content (AvgIpc) is 2.26. The summed E-state index contributed by atoms with van der Waals surface area (Å²) in [5, 5.41) is 6.69. The molecule has 1 aromatic carbocycles. The first-order valence-electron chi connectivity index (χ1n) is 4.33. The molecule has 0 fully saturated rings. The standard InChI is InChI=1S/C9H6F3NO4S/c10-9(11,12)18(15,16)17-8-4-2-1-3-6(8)7(14)5-13/h1-5,13H. The van der Waals surface area contributed by atoms with E-state index in [1.807, 2.05) is 0 Å². The van der Waals surface area contributed by atoms with Gasteiger partial charge < -0.3 is 9.59 Å². The number of benzene rings is 1. The number of halogens is 3. The minimum atomic E-state index is -5.84. The molecule has 0 saturated carbocycles. The van der Waals surface area contributed by atoms with Gasteiger partial charge >= 0.3 is 15.6 Å². The molecule has 9 heteroatoms. The van der Waals surface area contributed by atoms with Gasteiger partial charge in [0.05, 0.1) is 11.8 Å². The molecule has 0 heterocycles. The number of Topliss-reactive ketones (excluding diaryl/α,β-unsaturated/α-hetero) is 1. The highest BCUT2D eigenvalue weighted by atomic mass is 32.2. The number of hydrogen-bond donors (Lipinski definition) is 1. The molecule has 0 aliphatic rings. The summed E-state index contributed by atoms with van der Waals surface area (Å²) in [5.41, 5.74) is -6.03. The van der Waals surface area contributed by atoms with Crippen molar-refractivity contribution < 1.29 is 30.6 Å². The van der Waals surface area contributed by atoms with Gasteiger partial charge in [0.25, 0.3) is 0 Å². The van der Waals surface area contributed by atoms with E-state index in [0.29, 0.717) is 6.21 Å². The molecule has 0 aliphatic heterocycles. The van der Waals surface area contributed by atoms with Gasteiger partial charge in [-0.2, -0.15) is 21.6 Å².